The fraction of sp³-hybridized carbons (Fsp3) is 0.182. The van der Waals surface area contributed by atoms with E-state index in [0.29, 0.717) is 6.61 Å². The zero-order valence-corrected chi connectivity index (χ0v) is 10.5. The first-order valence-corrected chi connectivity index (χ1v) is 5.34. The minimum atomic E-state index is -0.373. The van der Waals surface area contributed by atoms with Crippen LogP contribution in [0.4, 0.5) is 4.39 Å². The Morgan fingerprint density at radius 1 is 1.67 bits per heavy atom. The lowest BCUT2D eigenvalue weighted by Gasteiger charge is -2.06. The van der Waals surface area contributed by atoms with Crippen molar-refractivity contribution in [3.05, 3.63) is 42.2 Å². The van der Waals surface area contributed by atoms with Crippen molar-refractivity contribution in [1.29, 1.82) is 0 Å². The standard InChI is InChI=1S/C11H11FINO/c1-3-6-15-11-7-9(8(2)14-13)4-5-10(11)12/h3-5,7H,1,6H2,2H3. The Balaban J connectivity index is 2.99. The molecule has 0 amide bonds. The third kappa shape index (κ3) is 3.30. The molecule has 0 N–H and O–H groups in total. The Labute approximate surface area is 102 Å². The fourth-order valence-electron chi connectivity index (χ4n) is 1.04. The van der Waals surface area contributed by atoms with Crippen LogP contribution in [-0.4, -0.2) is 12.3 Å². The first kappa shape index (κ1) is 12.2. The zero-order chi connectivity index (χ0) is 11.3. The number of ether oxygens (including phenoxy) is 1. The van der Waals surface area contributed by atoms with Crippen molar-refractivity contribution in [2.75, 3.05) is 6.61 Å². The maximum absolute atomic E-state index is 13.3. The van der Waals surface area contributed by atoms with Crippen LogP contribution < -0.4 is 4.74 Å². The Kier molecular flexibility index (Phi) is 4.74. The maximum Gasteiger partial charge on any atom is 0.165 e. The second kappa shape index (κ2) is 5.85. The molecule has 4 heteroatoms. The van der Waals surface area contributed by atoms with Crippen molar-refractivity contribution in [3.63, 3.8) is 0 Å². The molecule has 0 aliphatic rings. The van der Waals surface area contributed by atoms with Crippen LogP contribution in [-0.2, 0) is 0 Å². The van der Waals surface area contributed by atoms with Gasteiger partial charge in [0.15, 0.2) is 11.6 Å². The molecule has 0 saturated heterocycles. The van der Waals surface area contributed by atoms with E-state index < -0.39 is 0 Å². The summed E-state index contributed by atoms with van der Waals surface area (Å²) in [6.07, 6.45) is 1.57. The average Bonchev–Trinajstić information content (AvgIpc) is 2.27. The van der Waals surface area contributed by atoms with Gasteiger partial charge in [-0.3, -0.25) is 0 Å². The van der Waals surface area contributed by atoms with E-state index in [0.717, 1.165) is 11.3 Å². The monoisotopic (exact) mass is 319 g/mol. The van der Waals surface area contributed by atoms with Gasteiger partial charge in [0, 0.05) is 5.56 Å². The normalized spacial score (nSPS) is 11.3. The molecule has 0 aliphatic carbocycles. The number of hydrogen-bond acceptors (Lipinski definition) is 2. The van der Waals surface area contributed by atoms with Gasteiger partial charge >= 0.3 is 0 Å². The SMILES string of the molecule is C=CCOc1cc(C(C)=NI)ccc1F. The van der Waals surface area contributed by atoms with Gasteiger partial charge in [-0.25, -0.2) is 7.60 Å². The number of nitrogens with zero attached hydrogens (tertiary/aromatic N) is 1. The van der Waals surface area contributed by atoms with Gasteiger partial charge in [-0.2, -0.15) is 0 Å². The van der Waals surface area contributed by atoms with Gasteiger partial charge in [0.25, 0.3) is 0 Å². The number of halogens is 2. The highest BCUT2D eigenvalue weighted by Gasteiger charge is 2.05. The molecular weight excluding hydrogens is 308 g/mol. The van der Waals surface area contributed by atoms with Gasteiger partial charge in [0.05, 0.1) is 28.6 Å². The summed E-state index contributed by atoms with van der Waals surface area (Å²) < 4.78 is 22.4. The number of hydrogen-bond donors (Lipinski definition) is 0. The summed E-state index contributed by atoms with van der Waals surface area (Å²) in [4.78, 5) is 0. The molecule has 0 unspecified atom stereocenters. The molecule has 1 rings (SSSR count). The molecule has 0 aliphatic heterocycles. The largest absolute Gasteiger partial charge is 0.486 e. The van der Waals surface area contributed by atoms with Gasteiger partial charge < -0.3 is 4.74 Å². The molecule has 1 aromatic carbocycles. The van der Waals surface area contributed by atoms with E-state index in [-0.39, 0.29) is 11.6 Å². The van der Waals surface area contributed by atoms with Crippen LogP contribution in [0.25, 0.3) is 0 Å². The van der Waals surface area contributed by atoms with Crippen LogP contribution in [0.5, 0.6) is 5.75 Å². The van der Waals surface area contributed by atoms with Crippen molar-refractivity contribution in [2.45, 2.75) is 6.92 Å². The molecule has 0 radical (unpaired) electrons. The van der Waals surface area contributed by atoms with Gasteiger partial charge in [0.2, 0.25) is 0 Å². The van der Waals surface area contributed by atoms with E-state index in [1.54, 1.807) is 18.2 Å². The predicted octanol–water partition coefficient (Wildman–Crippen LogP) is 3.55. The van der Waals surface area contributed by atoms with Gasteiger partial charge in [-0.05, 0) is 25.1 Å². The third-order valence-corrected chi connectivity index (χ3v) is 2.56. The molecule has 0 aromatic heterocycles. The lowest BCUT2D eigenvalue weighted by Crippen LogP contribution is -1.99. The summed E-state index contributed by atoms with van der Waals surface area (Å²) in [5, 5.41) is 0. The maximum atomic E-state index is 13.3. The van der Waals surface area contributed by atoms with E-state index in [1.165, 1.54) is 6.07 Å². The highest BCUT2D eigenvalue weighted by Crippen LogP contribution is 2.19. The Morgan fingerprint density at radius 3 is 3.00 bits per heavy atom. The molecule has 0 spiro atoms. The second-order valence-corrected chi connectivity index (χ2v) is 3.40. The van der Waals surface area contributed by atoms with Crippen LogP contribution in [0.15, 0.2) is 34.1 Å². The highest BCUT2D eigenvalue weighted by atomic mass is 127. The Bertz CT molecular complexity index is 390. The summed E-state index contributed by atoms with van der Waals surface area (Å²) in [6, 6.07) is 4.68. The van der Waals surface area contributed by atoms with E-state index in [4.69, 9.17) is 4.74 Å². The molecule has 80 valence electrons. The Morgan fingerprint density at radius 2 is 2.40 bits per heavy atom. The molecule has 0 saturated carbocycles. The molecule has 0 heterocycles. The average molecular weight is 319 g/mol. The number of benzene rings is 1. The van der Waals surface area contributed by atoms with Gasteiger partial charge in [0.1, 0.15) is 6.61 Å². The van der Waals surface area contributed by atoms with E-state index in [1.807, 2.05) is 29.8 Å². The van der Waals surface area contributed by atoms with Crippen LogP contribution in [0.1, 0.15) is 12.5 Å². The van der Waals surface area contributed by atoms with E-state index in [9.17, 15) is 4.39 Å². The molecule has 0 bridgehead atoms. The second-order valence-electron chi connectivity index (χ2n) is 2.91. The molecule has 15 heavy (non-hydrogen) atoms. The van der Waals surface area contributed by atoms with Gasteiger partial charge in [-0.1, -0.05) is 12.7 Å². The van der Waals surface area contributed by atoms with Crippen LogP contribution in [0, 0.1) is 5.82 Å². The summed E-state index contributed by atoms with van der Waals surface area (Å²) in [6.45, 7) is 5.66. The van der Waals surface area contributed by atoms with Crippen LogP contribution >= 0.6 is 22.9 Å². The van der Waals surface area contributed by atoms with Crippen molar-refractivity contribution in [3.8, 4) is 5.75 Å². The molecule has 0 atom stereocenters. The van der Waals surface area contributed by atoms with Crippen molar-refractivity contribution in [2.24, 2.45) is 3.21 Å². The summed E-state index contributed by atoms with van der Waals surface area (Å²) in [5.41, 5.74) is 1.68. The van der Waals surface area contributed by atoms with E-state index >= 15 is 0 Å². The molecular formula is C11H11FINO. The minimum Gasteiger partial charge on any atom is -0.486 e. The first-order valence-electron chi connectivity index (χ1n) is 4.38. The van der Waals surface area contributed by atoms with Crippen LogP contribution in [0.2, 0.25) is 0 Å². The van der Waals surface area contributed by atoms with Crippen LogP contribution in [0.3, 0.4) is 0 Å². The highest BCUT2D eigenvalue weighted by molar-refractivity contribution is 14.1. The smallest absolute Gasteiger partial charge is 0.165 e. The predicted molar refractivity (Wildman–Crippen MR) is 68.3 cm³/mol. The molecule has 1 aromatic rings. The van der Waals surface area contributed by atoms with Crippen molar-refractivity contribution < 1.29 is 9.13 Å². The van der Waals surface area contributed by atoms with Crippen molar-refractivity contribution >= 4 is 28.6 Å². The molecule has 0 fully saturated rings. The number of rotatable bonds is 4. The third-order valence-electron chi connectivity index (χ3n) is 1.83. The van der Waals surface area contributed by atoms with Gasteiger partial charge in [-0.15, -0.1) is 0 Å². The summed E-state index contributed by atoms with van der Waals surface area (Å²) >= 11 is 1.90. The quantitative estimate of drug-likeness (QED) is 0.472. The topological polar surface area (TPSA) is 21.6 Å². The minimum absolute atomic E-state index is 0.229. The van der Waals surface area contributed by atoms with E-state index in [2.05, 4.69) is 9.78 Å². The lowest BCUT2D eigenvalue weighted by molar-refractivity contribution is 0.342. The lowest BCUT2D eigenvalue weighted by atomic mass is 10.1. The zero-order valence-electron chi connectivity index (χ0n) is 8.34. The first-order chi connectivity index (χ1) is 7.19. The summed E-state index contributed by atoms with van der Waals surface area (Å²) in [7, 11) is 0. The van der Waals surface area contributed by atoms with Crippen molar-refractivity contribution in [1.82, 2.24) is 0 Å². The Hall–Kier alpha value is -0.910. The fourth-order valence-corrected chi connectivity index (χ4v) is 1.32. The molecule has 2 nitrogen and oxygen atoms in total. The summed E-state index contributed by atoms with van der Waals surface area (Å²) in [5.74, 6) is -0.145.